The van der Waals surface area contributed by atoms with Crippen molar-refractivity contribution in [1.82, 2.24) is 25.6 Å². The smallest absolute Gasteiger partial charge is 0.273 e. The first-order valence-corrected chi connectivity index (χ1v) is 8.64. The molecule has 2 aromatic rings. The van der Waals surface area contributed by atoms with E-state index in [1.165, 1.54) is 0 Å². The molecule has 1 heterocycles. The Labute approximate surface area is 146 Å². The van der Waals surface area contributed by atoms with Crippen molar-refractivity contribution < 1.29 is 9.59 Å². The Kier molecular flexibility index (Phi) is 4.83. The number of carbonyl (C=O) groups excluding carboxylic acids is 2. The summed E-state index contributed by atoms with van der Waals surface area (Å²) in [5.74, 6) is -0.281. The largest absolute Gasteiger partial charge is 0.350 e. The minimum atomic E-state index is -0.184. The summed E-state index contributed by atoms with van der Waals surface area (Å²) < 4.78 is 1.61. The van der Waals surface area contributed by atoms with Crippen LogP contribution in [0.2, 0.25) is 0 Å². The van der Waals surface area contributed by atoms with E-state index < -0.39 is 0 Å². The van der Waals surface area contributed by atoms with E-state index in [0.717, 1.165) is 24.9 Å². The zero-order valence-corrected chi connectivity index (χ0v) is 14.7. The molecule has 1 saturated carbocycles. The van der Waals surface area contributed by atoms with Crippen LogP contribution in [0.4, 0.5) is 0 Å². The Bertz CT molecular complexity index is 777. The molecule has 1 aromatic heterocycles. The summed E-state index contributed by atoms with van der Waals surface area (Å²) >= 11 is 0. The van der Waals surface area contributed by atoms with E-state index in [4.69, 9.17) is 0 Å². The first kappa shape index (κ1) is 17.1. The van der Waals surface area contributed by atoms with Gasteiger partial charge in [0, 0.05) is 17.6 Å². The second-order valence-electron chi connectivity index (χ2n) is 6.51. The Morgan fingerprint density at radius 3 is 2.52 bits per heavy atom. The van der Waals surface area contributed by atoms with Gasteiger partial charge in [-0.25, -0.2) is 4.68 Å². The highest BCUT2D eigenvalue weighted by Crippen LogP contribution is 2.20. The lowest BCUT2D eigenvalue weighted by Gasteiger charge is -2.11. The molecule has 0 spiro atoms. The van der Waals surface area contributed by atoms with Gasteiger partial charge in [0.05, 0.1) is 11.4 Å². The van der Waals surface area contributed by atoms with E-state index in [-0.39, 0.29) is 23.9 Å². The maximum atomic E-state index is 12.2. The van der Waals surface area contributed by atoms with Crippen LogP contribution < -0.4 is 10.6 Å². The molecule has 0 radical (unpaired) electrons. The molecule has 3 rings (SSSR count). The normalized spacial score (nSPS) is 14.8. The van der Waals surface area contributed by atoms with Gasteiger partial charge < -0.3 is 10.6 Å². The van der Waals surface area contributed by atoms with Crippen molar-refractivity contribution in [2.24, 2.45) is 0 Å². The van der Waals surface area contributed by atoms with Gasteiger partial charge in [0.15, 0.2) is 5.69 Å². The second-order valence-corrected chi connectivity index (χ2v) is 6.51. The van der Waals surface area contributed by atoms with Gasteiger partial charge in [0.25, 0.3) is 11.8 Å². The second kappa shape index (κ2) is 7.04. The third-order valence-electron chi connectivity index (χ3n) is 4.39. The Morgan fingerprint density at radius 2 is 1.92 bits per heavy atom. The molecule has 132 valence electrons. The third-order valence-corrected chi connectivity index (χ3v) is 4.39. The van der Waals surface area contributed by atoms with Crippen LogP contribution in [0.25, 0.3) is 5.69 Å². The van der Waals surface area contributed by atoms with E-state index in [1.54, 1.807) is 28.9 Å². The summed E-state index contributed by atoms with van der Waals surface area (Å²) in [6, 6.07) is 7.51. The maximum absolute atomic E-state index is 12.2. The van der Waals surface area contributed by atoms with Gasteiger partial charge in [-0.15, -0.1) is 5.10 Å². The zero-order chi connectivity index (χ0) is 18.0. The summed E-state index contributed by atoms with van der Waals surface area (Å²) in [7, 11) is 0. The summed E-state index contributed by atoms with van der Waals surface area (Å²) in [6.07, 6.45) is 2.94. The molecule has 7 nitrogen and oxygen atoms in total. The van der Waals surface area contributed by atoms with Crippen LogP contribution in [0.5, 0.6) is 0 Å². The molecule has 1 atom stereocenters. The Hall–Kier alpha value is -2.70. The van der Waals surface area contributed by atoms with E-state index in [0.29, 0.717) is 17.0 Å². The van der Waals surface area contributed by atoms with Gasteiger partial charge in [-0.1, -0.05) is 12.1 Å². The molecule has 7 heteroatoms. The predicted molar refractivity (Wildman–Crippen MR) is 93.8 cm³/mol. The number of hydrogen-bond donors (Lipinski definition) is 2. The molecule has 0 saturated heterocycles. The molecular weight excluding hydrogens is 318 g/mol. The predicted octanol–water partition coefficient (Wildman–Crippen LogP) is 2.00. The van der Waals surface area contributed by atoms with E-state index in [1.807, 2.05) is 20.8 Å². The quantitative estimate of drug-likeness (QED) is 0.841. The molecule has 1 aliphatic carbocycles. The summed E-state index contributed by atoms with van der Waals surface area (Å²) in [4.78, 5) is 24.3. The molecule has 25 heavy (non-hydrogen) atoms. The minimum Gasteiger partial charge on any atom is -0.350 e. The molecule has 1 fully saturated rings. The van der Waals surface area contributed by atoms with Crippen LogP contribution in [0.15, 0.2) is 24.3 Å². The Morgan fingerprint density at radius 1 is 1.24 bits per heavy atom. The van der Waals surface area contributed by atoms with Crippen molar-refractivity contribution >= 4 is 11.8 Å². The topological polar surface area (TPSA) is 88.9 Å². The molecule has 2 amide bonds. The van der Waals surface area contributed by atoms with Crippen LogP contribution in [-0.2, 0) is 0 Å². The lowest BCUT2D eigenvalue weighted by molar-refractivity contribution is 0.0933. The number of nitrogens with zero attached hydrogens (tertiary/aromatic N) is 3. The standard InChI is InChI=1S/C18H23N5O2/c1-4-11(2)19-17(24)13-5-9-15(10-6-13)23-12(3)16(21-22-23)18(25)20-14-7-8-14/h5-6,9-11,14H,4,7-8H2,1-3H3,(H,19,24)(H,20,25). The van der Waals surface area contributed by atoms with Gasteiger partial charge in [-0.2, -0.15) is 0 Å². The number of rotatable bonds is 6. The van der Waals surface area contributed by atoms with Crippen molar-refractivity contribution in [3.05, 3.63) is 41.2 Å². The molecule has 0 bridgehead atoms. The average Bonchev–Trinajstić information content (AvgIpc) is 3.34. The Balaban J connectivity index is 1.75. The highest BCUT2D eigenvalue weighted by Gasteiger charge is 2.26. The number of aromatic nitrogens is 3. The highest BCUT2D eigenvalue weighted by molar-refractivity contribution is 5.95. The van der Waals surface area contributed by atoms with Gasteiger partial charge >= 0.3 is 0 Å². The van der Waals surface area contributed by atoms with E-state index in [2.05, 4.69) is 20.9 Å². The average molecular weight is 341 g/mol. The molecular formula is C18H23N5O2. The van der Waals surface area contributed by atoms with Crippen LogP contribution in [-0.4, -0.2) is 38.9 Å². The number of hydrogen-bond acceptors (Lipinski definition) is 4. The minimum absolute atomic E-state index is 0.0966. The third kappa shape index (κ3) is 3.87. The molecule has 2 N–H and O–H groups in total. The van der Waals surface area contributed by atoms with Gasteiger partial charge in [0.2, 0.25) is 0 Å². The van der Waals surface area contributed by atoms with Crippen LogP contribution in [0.3, 0.4) is 0 Å². The van der Waals surface area contributed by atoms with Crippen molar-refractivity contribution in [2.75, 3.05) is 0 Å². The first-order chi connectivity index (χ1) is 12.0. The van der Waals surface area contributed by atoms with Gasteiger partial charge in [-0.05, 0) is 57.4 Å². The van der Waals surface area contributed by atoms with Crippen molar-refractivity contribution in [1.29, 1.82) is 0 Å². The van der Waals surface area contributed by atoms with Crippen molar-refractivity contribution in [3.63, 3.8) is 0 Å². The van der Waals surface area contributed by atoms with Gasteiger partial charge in [0.1, 0.15) is 0 Å². The van der Waals surface area contributed by atoms with E-state index in [9.17, 15) is 9.59 Å². The van der Waals surface area contributed by atoms with Crippen LogP contribution in [0.1, 0.15) is 59.7 Å². The lowest BCUT2D eigenvalue weighted by atomic mass is 10.1. The molecule has 1 aliphatic rings. The number of amides is 2. The van der Waals surface area contributed by atoms with Crippen LogP contribution in [0, 0.1) is 6.92 Å². The zero-order valence-electron chi connectivity index (χ0n) is 14.7. The number of nitrogens with one attached hydrogen (secondary N) is 2. The monoisotopic (exact) mass is 341 g/mol. The number of benzene rings is 1. The van der Waals surface area contributed by atoms with E-state index >= 15 is 0 Å². The molecule has 1 unspecified atom stereocenters. The lowest BCUT2D eigenvalue weighted by Crippen LogP contribution is -2.31. The van der Waals surface area contributed by atoms with Crippen molar-refractivity contribution in [3.8, 4) is 5.69 Å². The fraction of sp³-hybridized carbons (Fsp3) is 0.444. The molecule has 1 aromatic carbocycles. The van der Waals surface area contributed by atoms with Gasteiger partial charge in [-0.3, -0.25) is 9.59 Å². The van der Waals surface area contributed by atoms with Crippen molar-refractivity contribution in [2.45, 2.75) is 52.1 Å². The fourth-order valence-corrected chi connectivity index (χ4v) is 2.43. The summed E-state index contributed by atoms with van der Waals surface area (Å²) in [5, 5.41) is 13.9. The summed E-state index contributed by atoms with van der Waals surface area (Å²) in [6.45, 7) is 5.81. The maximum Gasteiger partial charge on any atom is 0.273 e. The first-order valence-electron chi connectivity index (χ1n) is 8.64. The molecule has 0 aliphatic heterocycles. The number of carbonyl (C=O) groups is 2. The fourth-order valence-electron chi connectivity index (χ4n) is 2.43. The summed E-state index contributed by atoms with van der Waals surface area (Å²) in [5.41, 5.74) is 2.37. The van der Waals surface area contributed by atoms with Crippen LogP contribution >= 0.6 is 0 Å². The SMILES string of the molecule is CCC(C)NC(=O)c1ccc(-n2nnc(C(=O)NC3CC3)c2C)cc1. The highest BCUT2D eigenvalue weighted by atomic mass is 16.2.